The fraction of sp³-hybridized carbons (Fsp3) is 0.593. The van der Waals surface area contributed by atoms with Crippen molar-refractivity contribution in [2.24, 2.45) is 23.7 Å². The molecule has 1 nitrogen and oxygen atoms in total. The van der Waals surface area contributed by atoms with E-state index in [9.17, 15) is 4.39 Å². The minimum Gasteiger partial charge on any atom is -0.207 e. The molecule has 2 saturated carbocycles. The lowest BCUT2D eigenvalue weighted by Crippen LogP contribution is -2.25. The highest BCUT2D eigenvalue weighted by atomic mass is 19.1. The van der Waals surface area contributed by atoms with E-state index in [-0.39, 0.29) is 5.82 Å². The lowest BCUT2D eigenvalue weighted by atomic mass is 9.68. The summed E-state index contributed by atoms with van der Waals surface area (Å²) in [5.41, 5.74) is 1.27. The molecule has 0 N–H and O–H groups in total. The summed E-state index contributed by atoms with van der Waals surface area (Å²) in [5.74, 6) is 3.43. The number of unbranched alkanes of at least 4 members (excludes halogenated alkanes) is 1. The van der Waals surface area contributed by atoms with E-state index in [0.717, 1.165) is 24.2 Å². The van der Waals surface area contributed by atoms with Crippen molar-refractivity contribution >= 4 is 0 Å². The quantitative estimate of drug-likeness (QED) is 0.251. The molecule has 0 heterocycles. The van der Waals surface area contributed by atoms with Crippen LogP contribution in [-0.4, -0.2) is 0 Å². The van der Waals surface area contributed by atoms with Gasteiger partial charge < -0.3 is 0 Å². The molecule has 0 radical (unpaired) electrons. The van der Waals surface area contributed by atoms with Crippen LogP contribution in [0.25, 0.3) is 0 Å². The van der Waals surface area contributed by atoms with Crippen LogP contribution in [0.4, 0.5) is 4.39 Å². The second-order valence-corrected chi connectivity index (χ2v) is 9.20. The number of hydrogen-bond acceptors (Lipinski definition) is 1. The van der Waals surface area contributed by atoms with E-state index in [1.165, 1.54) is 76.2 Å². The predicted molar refractivity (Wildman–Crippen MR) is 119 cm³/mol. The van der Waals surface area contributed by atoms with E-state index >= 15 is 0 Å². The minimum atomic E-state index is -0.136. The summed E-state index contributed by atoms with van der Waals surface area (Å²) in [6, 6.07) is 9.04. The Morgan fingerprint density at radius 3 is 2.17 bits per heavy atom. The van der Waals surface area contributed by atoms with Crippen molar-refractivity contribution in [2.75, 3.05) is 0 Å². The summed E-state index contributed by atoms with van der Waals surface area (Å²) >= 11 is 0. The van der Waals surface area contributed by atoms with Gasteiger partial charge in [0, 0.05) is 6.08 Å². The third kappa shape index (κ3) is 7.46. The van der Waals surface area contributed by atoms with Gasteiger partial charge in [-0.1, -0.05) is 56.0 Å². The Bertz CT molecular complexity index is 680. The zero-order valence-electron chi connectivity index (χ0n) is 17.7. The SMILES string of the molecule is N#C/C=C/C=C/C1CCC(C2CCC(CCCCc3ccc(F)cc3)CC2)CC1. The lowest BCUT2D eigenvalue weighted by Gasteiger charge is -2.37. The molecular formula is C27H36FN. The van der Waals surface area contributed by atoms with Crippen LogP contribution in [-0.2, 0) is 6.42 Å². The van der Waals surface area contributed by atoms with Gasteiger partial charge in [0.05, 0.1) is 6.07 Å². The standard InChI is InChI=1S/C27H36FN/c28-27-19-13-24(14-20-27)8-4-3-7-23-11-17-26(18-12-23)25-15-9-22(10-16-25)6-2-1-5-21-29/h1-2,5-6,13-14,19-20,22-23,25-26H,3-4,7-12,15-18H2/b5-1+,6-2+. The first-order chi connectivity index (χ1) is 14.2. The average molecular weight is 394 g/mol. The first-order valence-corrected chi connectivity index (χ1v) is 11.7. The molecule has 0 spiro atoms. The normalized spacial score (nSPS) is 28.0. The number of halogens is 1. The van der Waals surface area contributed by atoms with E-state index in [2.05, 4.69) is 12.2 Å². The number of benzene rings is 1. The van der Waals surface area contributed by atoms with Crippen LogP contribution >= 0.6 is 0 Å². The second kappa shape index (κ2) is 12.0. The Kier molecular flexibility index (Phi) is 9.00. The molecule has 0 atom stereocenters. The first-order valence-electron chi connectivity index (χ1n) is 11.7. The van der Waals surface area contributed by atoms with E-state index in [4.69, 9.17) is 5.26 Å². The van der Waals surface area contributed by atoms with Crippen molar-refractivity contribution in [3.63, 3.8) is 0 Å². The minimum absolute atomic E-state index is 0.136. The van der Waals surface area contributed by atoms with Gasteiger partial charge >= 0.3 is 0 Å². The van der Waals surface area contributed by atoms with Gasteiger partial charge in [-0.3, -0.25) is 0 Å². The van der Waals surface area contributed by atoms with Crippen LogP contribution in [0.5, 0.6) is 0 Å². The molecule has 2 aliphatic carbocycles. The summed E-state index contributed by atoms with van der Waals surface area (Å²) in [7, 11) is 0. The second-order valence-electron chi connectivity index (χ2n) is 9.20. The van der Waals surface area contributed by atoms with E-state index in [1.54, 1.807) is 18.2 Å². The molecule has 29 heavy (non-hydrogen) atoms. The fourth-order valence-corrected chi connectivity index (χ4v) is 5.49. The number of nitriles is 1. The predicted octanol–water partition coefficient (Wildman–Crippen LogP) is 7.79. The van der Waals surface area contributed by atoms with Crippen LogP contribution in [0.3, 0.4) is 0 Å². The molecule has 1 aromatic carbocycles. The highest BCUT2D eigenvalue weighted by Crippen LogP contribution is 2.42. The number of allylic oxidation sites excluding steroid dienone is 4. The average Bonchev–Trinajstić information content (AvgIpc) is 2.76. The highest BCUT2D eigenvalue weighted by molar-refractivity contribution is 5.16. The number of nitrogens with zero attached hydrogens (tertiary/aromatic N) is 1. The van der Waals surface area contributed by atoms with Gasteiger partial charge in [-0.25, -0.2) is 4.39 Å². The zero-order valence-corrected chi connectivity index (χ0v) is 17.7. The van der Waals surface area contributed by atoms with Gasteiger partial charge in [0.15, 0.2) is 0 Å². The first kappa shape index (κ1) is 21.8. The summed E-state index contributed by atoms with van der Waals surface area (Å²) in [6.07, 6.45) is 23.9. The molecule has 156 valence electrons. The molecule has 0 amide bonds. The topological polar surface area (TPSA) is 23.8 Å². The molecular weight excluding hydrogens is 357 g/mol. The Labute approximate surface area is 176 Å². The number of hydrogen-bond donors (Lipinski definition) is 0. The molecule has 0 saturated heterocycles. The Morgan fingerprint density at radius 2 is 1.52 bits per heavy atom. The van der Waals surface area contributed by atoms with Gasteiger partial charge in [-0.2, -0.15) is 5.26 Å². The van der Waals surface area contributed by atoms with Crippen LogP contribution in [0.15, 0.2) is 48.6 Å². The van der Waals surface area contributed by atoms with Gasteiger partial charge in [-0.15, -0.1) is 0 Å². The van der Waals surface area contributed by atoms with E-state index in [0.29, 0.717) is 5.92 Å². The molecule has 2 fully saturated rings. The van der Waals surface area contributed by atoms with E-state index in [1.807, 2.05) is 24.3 Å². The lowest BCUT2D eigenvalue weighted by molar-refractivity contribution is 0.151. The van der Waals surface area contributed by atoms with Gasteiger partial charge in [0.1, 0.15) is 5.82 Å². The maximum absolute atomic E-state index is 13.0. The maximum atomic E-state index is 13.0. The van der Waals surface area contributed by atoms with Crippen LogP contribution in [0.1, 0.15) is 76.2 Å². The third-order valence-electron chi connectivity index (χ3n) is 7.28. The Hall–Kier alpha value is -1.88. The maximum Gasteiger partial charge on any atom is 0.123 e. The Morgan fingerprint density at radius 1 is 0.862 bits per heavy atom. The van der Waals surface area contributed by atoms with Crippen LogP contribution in [0.2, 0.25) is 0 Å². The van der Waals surface area contributed by atoms with Crippen molar-refractivity contribution in [3.05, 3.63) is 60.0 Å². The molecule has 1 aromatic rings. The van der Waals surface area contributed by atoms with Crippen molar-refractivity contribution in [1.29, 1.82) is 5.26 Å². The molecule has 0 unspecified atom stereocenters. The van der Waals surface area contributed by atoms with Crippen LogP contribution < -0.4 is 0 Å². The van der Waals surface area contributed by atoms with Gasteiger partial charge in [0.25, 0.3) is 0 Å². The number of rotatable bonds is 8. The van der Waals surface area contributed by atoms with Crippen molar-refractivity contribution in [1.82, 2.24) is 0 Å². The van der Waals surface area contributed by atoms with Crippen molar-refractivity contribution in [3.8, 4) is 6.07 Å². The van der Waals surface area contributed by atoms with Crippen LogP contribution in [0, 0.1) is 40.8 Å². The smallest absolute Gasteiger partial charge is 0.123 e. The van der Waals surface area contributed by atoms with Gasteiger partial charge in [-0.05, 0) is 92.7 Å². The van der Waals surface area contributed by atoms with Gasteiger partial charge in [0.2, 0.25) is 0 Å². The van der Waals surface area contributed by atoms with Crippen molar-refractivity contribution in [2.45, 2.75) is 77.0 Å². The molecule has 0 aliphatic heterocycles. The summed E-state index contributed by atoms with van der Waals surface area (Å²) in [6.45, 7) is 0. The molecule has 0 aromatic heterocycles. The Balaban J connectivity index is 1.28. The fourth-order valence-electron chi connectivity index (χ4n) is 5.49. The number of aryl methyl sites for hydroxylation is 1. The van der Waals surface area contributed by atoms with Crippen molar-refractivity contribution < 1.29 is 4.39 Å². The highest BCUT2D eigenvalue weighted by Gasteiger charge is 2.30. The molecule has 3 rings (SSSR count). The molecule has 0 bridgehead atoms. The summed E-state index contributed by atoms with van der Waals surface area (Å²) in [5, 5.41) is 8.53. The largest absolute Gasteiger partial charge is 0.207 e. The summed E-state index contributed by atoms with van der Waals surface area (Å²) < 4.78 is 13.0. The van der Waals surface area contributed by atoms with E-state index < -0.39 is 0 Å². The molecule has 2 aliphatic rings. The third-order valence-corrected chi connectivity index (χ3v) is 7.28. The monoisotopic (exact) mass is 393 g/mol. The molecule has 2 heteroatoms. The summed E-state index contributed by atoms with van der Waals surface area (Å²) in [4.78, 5) is 0. The zero-order chi connectivity index (χ0) is 20.3.